The van der Waals surface area contributed by atoms with E-state index in [0.29, 0.717) is 11.6 Å². The average Bonchev–Trinajstić information content (AvgIpc) is 2.70. The van der Waals surface area contributed by atoms with Gasteiger partial charge in [-0.3, -0.25) is 0 Å². The number of ether oxygens (including phenoxy) is 1. The molecule has 1 nitrogen and oxygen atoms in total. The van der Waals surface area contributed by atoms with E-state index in [4.69, 9.17) is 4.74 Å². The van der Waals surface area contributed by atoms with Crippen molar-refractivity contribution in [2.45, 2.75) is 88.9 Å². The molecule has 0 aromatic heterocycles. The third-order valence-electron chi connectivity index (χ3n) is 7.32. The van der Waals surface area contributed by atoms with E-state index in [1.165, 1.54) is 63.8 Å². The van der Waals surface area contributed by atoms with E-state index in [0.717, 1.165) is 11.8 Å². The first-order valence-electron chi connectivity index (χ1n) is 11.0. The van der Waals surface area contributed by atoms with Crippen LogP contribution >= 0.6 is 15.9 Å². The van der Waals surface area contributed by atoms with Crippen molar-refractivity contribution < 1.29 is 4.74 Å². The van der Waals surface area contributed by atoms with Crippen LogP contribution in [0.5, 0.6) is 0 Å². The van der Waals surface area contributed by atoms with E-state index in [-0.39, 0.29) is 0 Å². The van der Waals surface area contributed by atoms with Gasteiger partial charge >= 0.3 is 0 Å². The van der Waals surface area contributed by atoms with Gasteiger partial charge in [-0.25, -0.2) is 0 Å². The molecule has 0 unspecified atom stereocenters. The summed E-state index contributed by atoms with van der Waals surface area (Å²) in [5, 5.41) is 1.75. The van der Waals surface area contributed by atoms with Crippen LogP contribution in [0.2, 0.25) is 18.1 Å². The SMILES string of the molecule is CCCCC[Si]1(c2ccccc2)CCC(C2CCC(OCBr)CC2)CC1. The molecule has 1 saturated heterocycles. The summed E-state index contributed by atoms with van der Waals surface area (Å²) >= 11 is 3.42. The highest BCUT2D eigenvalue weighted by Gasteiger charge is 2.40. The number of halogens is 1. The van der Waals surface area contributed by atoms with Gasteiger partial charge in [-0.15, -0.1) is 0 Å². The fourth-order valence-corrected chi connectivity index (χ4v) is 11.3. The maximum atomic E-state index is 5.79. The van der Waals surface area contributed by atoms with Crippen LogP contribution in [0.4, 0.5) is 0 Å². The van der Waals surface area contributed by atoms with Crippen molar-refractivity contribution >= 4 is 29.2 Å². The molecule has 0 spiro atoms. The van der Waals surface area contributed by atoms with E-state index in [1.807, 2.05) is 0 Å². The smallest absolute Gasteiger partial charge is 0.102 e. The van der Waals surface area contributed by atoms with Crippen molar-refractivity contribution in [1.29, 1.82) is 0 Å². The predicted molar refractivity (Wildman–Crippen MR) is 119 cm³/mol. The zero-order valence-corrected chi connectivity index (χ0v) is 19.2. The summed E-state index contributed by atoms with van der Waals surface area (Å²) in [7, 11) is -1.26. The lowest BCUT2D eigenvalue weighted by molar-refractivity contribution is 0.0381. The van der Waals surface area contributed by atoms with Crippen molar-refractivity contribution in [2.24, 2.45) is 11.8 Å². The van der Waals surface area contributed by atoms with E-state index < -0.39 is 8.07 Å². The first-order chi connectivity index (χ1) is 12.8. The molecule has 2 aliphatic rings. The third-order valence-corrected chi connectivity index (χ3v) is 12.9. The van der Waals surface area contributed by atoms with Gasteiger partial charge in [0.05, 0.1) is 14.2 Å². The minimum Gasteiger partial charge on any atom is -0.367 e. The lowest BCUT2D eigenvalue weighted by atomic mass is 9.76. The molecule has 1 heterocycles. The van der Waals surface area contributed by atoms with Gasteiger partial charge in [-0.05, 0) is 37.5 Å². The highest BCUT2D eigenvalue weighted by molar-refractivity contribution is 9.09. The number of hydrogen-bond acceptors (Lipinski definition) is 1. The molecule has 0 N–H and O–H groups in total. The Morgan fingerprint density at radius 1 is 0.923 bits per heavy atom. The van der Waals surface area contributed by atoms with Crippen LogP contribution in [0.1, 0.15) is 64.7 Å². The Morgan fingerprint density at radius 2 is 1.58 bits per heavy atom. The summed E-state index contributed by atoms with van der Waals surface area (Å²) in [5.41, 5.74) is 0.703. The van der Waals surface area contributed by atoms with Crippen molar-refractivity contribution in [1.82, 2.24) is 0 Å². The topological polar surface area (TPSA) is 9.23 Å². The normalized spacial score (nSPS) is 32.5. The van der Waals surface area contributed by atoms with Gasteiger partial charge in [-0.1, -0.05) is 109 Å². The Hall–Kier alpha value is -0.123. The monoisotopic (exact) mass is 436 g/mol. The molecule has 0 amide bonds. The second-order valence-electron chi connectivity index (χ2n) is 8.75. The number of alkyl halides is 1. The molecule has 2 fully saturated rings. The van der Waals surface area contributed by atoms with Crippen LogP contribution in [0.15, 0.2) is 30.3 Å². The summed E-state index contributed by atoms with van der Waals surface area (Å²) in [6.45, 7) is 2.34. The van der Waals surface area contributed by atoms with Crippen molar-refractivity contribution in [3.8, 4) is 0 Å². The Bertz CT molecular complexity index is 504. The minimum absolute atomic E-state index is 0.515. The molecule has 1 aliphatic carbocycles. The minimum atomic E-state index is -1.26. The first kappa shape index (κ1) is 20.6. The van der Waals surface area contributed by atoms with E-state index in [9.17, 15) is 0 Å². The van der Waals surface area contributed by atoms with Crippen molar-refractivity contribution in [2.75, 3.05) is 5.52 Å². The second-order valence-corrected chi connectivity index (χ2v) is 13.8. The van der Waals surface area contributed by atoms with Gasteiger partial charge in [-0.2, -0.15) is 0 Å². The van der Waals surface area contributed by atoms with Crippen LogP contribution in [-0.4, -0.2) is 19.7 Å². The average molecular weight is 438 g/mol. The molecule has 146 valence electrons. The summed E-state index contributed by atoms with van der Waals surface area (Å²) in [5.74, 6) is 1.97. The number of rotatable bonds is 8. The van der Waals surface area contributed by atoms with E-state index in [1.54, 1.807) is 17.3 Å². The summed E-state index contributed by atoms with van der Waals surface area (Å²) < 4.78 is 5.79. The summed E-state index contributed by atoms with van der Waals surface area (Å²) in [6.07, 6.45) is 13.1. The Balaban J connectivity index is 1.58. The lowest BCUT2D eigenvalue weighted by Gasteiger charge is -2.43. The molecule has 26 heavy (non-hydrogen) atoms. The molecule has 0 atom stereocenters. The highest BCUT2D eigenvalue weighted by Crippen LogP contribution is 2.43. The molecule has 1 aromatic rings. The zero-order chi connectivity index (χ0) is 18.2. The Kier molecular flexibility index (Phi) is 8.27. The van der Waals surface area contributed by atoms with Gasteiger partial charge in [0, 0.05) is 0 Å². The molecule has 1 aliphatic heterocycles. The summed E-state index contributed by atoms with van der Waals surface area (Å²) in [6, 6.07) is 16.3. The number of unbranched alkanes of at least 4 members (excludes halogenated alkanes) is 2. The number of hydrogen-bond donors (Lipinski definition) is 0. The molecule has 0 radical (unpaired) electrons. The lowest BCUT2D eigenvalue weighted by Crippen LogP contribution is -2.50. The Morgan fingerprint density at radius 3 is 2.19 bits per heavy atom. The van der Waals surface area contributed by atoms with Crippen LogP contribution < -0.4 is 5.19 Å². The quantitative estimate of drug-likeness (QED) is 0.245. The van der Waals surface area contributed by atoms with Gasteiger partial charge in [0.1, 0.15) is 5.52 Å². The second kappa shape index (κ2) is 10.4. The molecular weight excluding hydrogens is 400 g/mol. The van der Waals surface area contributed by atoms with E-state index in [2.05, 4.69) is 53.2 Å². The Labute approximate surface area is 170 Å². The van der Waals surface area contributed by atoms with Gasteiger partial charge in [0.15, 0.2) is 0 Å². The van der Waals surface area contributed by atoms with E-state index >= 15 is 0 Å². The van der Waals surface area contributed by atoms with Gasteiger partial charge in [0.2, 0.25) is 0 Å². The fraction of sp³-hybridized carbons (Fsp3) is 0.739. The van der Waals surface area contributed by atoms with Gasteiger partial charge < -0.3 is 4.74 Å². The van der Waals surface area contributed by atoms with Gasteiger partial charge in [0.25, 0.3) is 0 Å². The molecule has 3 heteroatoms. The van der Waals surface area contributed by atoms with Crippen LogP contribution in [0, 0.1) is 11.8 Å². The largest absolute Gasteiger partial charge is 0.367 e. The number of benzene rings is 1. The van der Waals surface area contributed by atoms with Crippen LogP contribution in [0.25, 0.3) is 0 Å². The standard InChI is InChI=1S/C23H37BrOSi/c1-2-3-7-16-26(23-8-5-4-6-9-23)17-14-21(15-18-26)20-10-12-22(13-11-20)25-19-24/h4-6,8-9,20-22H,2-3,7,10-19H2,1H3. The fourth-order valence-electron chi connectivity index (χ4n) is 5.67. The molecular formula is C23H37BrOSi. The molecule has 1 aromatic carbocycles. The first-order valence-corrected chi connectivity index (χ1v) is 14.7. The molecule has 0 bridgehead atoms. The van der Waals surface area contributed by atoms with Crippen LogP contribution in [-0.2, 0) is 4.74 Å². The summed E-state index contributed by atoms with van der Waals surface area (Å²) in [4.78, 5) is 0. The van der Waals surface area contributed by atoms with Crippen molar-refractivity contribution in [3.05, 3.63) is 30.3 Å². The zero-order valence-electron chi connectivity index (χ0n) is 16.6. The van der Waals surface area contributed by atoms with Crippen molar-refractivity contribution in [3.63, 3.8) is 0 Å². The molecule has 3 rings (SSSR count). The highest BCUT2D eigenvalue weighted by atomic mass is 79.9. The predicted octanol–water partition coefficient (Wildman–Crippen LogP) is 6.87. The maximum Gasteiger partial charge on any atom is 0.102 e. The van der Waals surface area contributed by atoms with Crippen LogP contribution in [0.3, 0.4) is 0 Å². The maximum absolute atomic E-state index is 5.79. The molecule has 1 saturated carbocycles. The third kappa shape index (κ3) is 5.23.